The molecule has 2 heterocycles. The van der Waals surface area contributed by atoms with Crippen LogP contribution in [0.2, 0.25) is 0 Å². The summed E-state index contributed by atoms with van der Waals surface area (Å²) in [6, 6.07) is 3.62. The van der Waals surface area contributed by atoms with E-state index in [0.29, 0.717) is 58.9 Å². The summed E-state index contributed by atoms with van der Waals surface area (Å²) in [7, 11) is 0. The second-order valence-corrected chi connectivity index (χ2v) is 13.2. The van der Waals surface area contributed by atoms with Crippen LogP contribution in [0.4, 0.5) is 0 Å². The van der Waals surface area contributed by atoms with Gasteiger partial charge in [0.05, 0.1) is 17.7 Å². The molecule has 0 bridgehead atoms. The van der Waals surface area contributed by atoms with E-state index in [0.717, 1.165) is 32.1 Å². The summed E-state index contributed by atoms with van der Waals surface area (Å²) in [5.41, 5.74) is 1.02. The van der Waals surface area contributed by atoms with Crippen molar-refractivity contribution >= 4 is 11.0 Å². The molecule has 0 amide bonds. The summed E-state index contributed by atoms with van der Waals surface area (Å²) in [6.07, 6.45) is 11.4. The molecule has 0 aromatic carbocycles. The molecule has 4 fully saturated rings. The Bertz CT molecular complexity index is 1180. The van der Waals surface area contributed by atoms with Crippen molar-refractivity contribution in [2.45, 2.75) is 97.2 Å². The molecule has 0 aliphatic heterocycles. The summed E-state index contributed by atoms with van der Waals surface area (Å²) >= 11 is 0. The van der Waals surface area contributed by atoms with Crippen LogP contribution < -0.4 is 5.63 Å². The van der Waals surface area contributed by atoms with Gasteiger partial charge in [-0.25, -0.2) is 14.8 Å². The van der Waals surface area contributed by atoms with Gasteiger partial charge in [-0.3, -0.25) is 0 Å². The molecule has 4 aliphatic carbocycles. The molecule has 196 valence electrons. The molecule has 6 rings (SSSR count). The Kier molecular flexibility index (Phi) is 6.07. The van der Waals surface area contributed by atoms with Gasteiger partial charge in [0, 0.05) is 12.6 Å². The Balaban J connectivity index is 1.18. The first kappa shape index (κ1) is 24.5. The van der Waals surface area contributed by atoms with Crippen LogP contribution in [-0.4, -0.2) is 32.4 Å². The lowest BCUT2D eigenvalue weighted by Gasteiger charge is -2.62. The topological polar surface area (TPSA) is 96.5 Å². The first-order valence-electron chi connectivity index (χ1n) is 14.3. The highest BCUT2D eigenvalue weighted by atomic mass is 16.4. The fraction of sp³-hybridized carbons (Fsp3) is 0.767. The smallest absolute Gasteiger partial charge is 0.365 e. The molecular weight excluding hydrogens is 452 g/mol. The van der Waals surface area contributed by atoms with Gasteiger partial charge in [-0.05, 0) is 116 Å². The molecule has 4 aliphatic rings. The molecule has 0 saturated heterocycles. The number of fused-ring (bicyclic) bond motifs is 6. The van der Waals surface area contributed by atoms with Gasteiger partial charge >= 0.3 is 5.63 Å². The van der Waals surface area contributed by atoms with Crippen molar-refractivity contribution in [3.63, 3.8) is 0 Å². The van der Waals surface area contributed by atoms with Crippen LogP contribution in [0.3, 0.4) is 0 Å². The minimum Gasteiger partial charge on any atom is -0.407 e. The highest BCUT2D eigenvalue weighted by molar-refractivity contribution is 5.71. The van der Waals surface area contributed by atoms with Crippen LogP contribution in [0, 0.1) is 46.3 Å². The number of aromatic nitrogens is 2. The molecular formula is C30H42N2O4. The van der Waals surface area contributed by atoms with Gasteiger partial charge in [-0.2, -0.15) is 0 Å². The van der Waals surface area contributed by atoms with Crippen molar-refractivity contribution in [1.82, 2.24) is 9.97 Å². The van der Waals surface area contributed by atoms with Gasteiger partial charge in [-0.15, -0.1) is 0 Å². The maximum absolute atomic E-state index is 12.3. The van der Waals surface area contributed by atoms with Crippen LogP contribution in [-0.2, 0) is 6.42 Å². The predicted octanol–water partition coefficient (Wildman–Crippen LogP) is 5.14. The molecule has 6 heteroatoms. The maximum atomic E-state index is 12.3. The summed E-state index contributed by atoms with van der Waals surface area (Å²) in [6.45, 7) is 7.35. The summed E-state index contributed by atoms with van der Waals surface area (Å²) in [4.78, 5) is 21.0. The second-order valence-electron chi connectivity index (χ2n) is 13.2. The van der Waals surface area contributed by atoms with E-state index in [1.165, 1.54) is 25.7 Å². The Labute approximate surface area is 213 Å². The van der Waals surface area contributed by atoms with E-state index >= 15 is 0 Å². The Morgan fingerprint density at radius 3 is 2.69 bits per heavy atom. The number of nitrogens with zero attached hydrogens (tertiary/aromatic N) is 2. The van der Waals surface area contributed by atoms with Crippen molar-refractivity contribution in [2.24, 2.45) is 46.3 Å². The number of aryl methyl sites for hydroxylation is 1. The Morgan fingerprint density at radius 2 is 1.86 bits per heavy atom. The minimum atomic E-state index is -0.400. The van der Waals surface area contributed by atoms with Crippen LogP contribution >= 0.6 is 0 Å². The average Bonchev–Trinajstić information content (AvgIpc) is 3.21. The number of aliphatic hydroxyl groups excluding tert-OH is 2. The SMILES string of the molecule is C[C@H](CCc1nc2cccnc2c(=O)o1)[C@H]1CC[C@H]2[C@H]3C(CC[C@]12C)[C@@]1(C)CC[C@@H](O)C[C@H]1C[C@H]3O. The third kappa shape index (κ3) is 3.77. The zero-order valence-corrected chi connectivity index (χ0v) is 22.0. The van der Waals surface area contributed by atoms with Gasteiger partial charge in [0.15, 0.2) is 11.4 Å². The molecule has 0 radical (unpaired) electrons. The van der Waals surface area contributed by atoms with E-state index in [1.807, 2.05) is 6.07 Å². The lowest BCUT2D eigenvalue weighted by Crippen LogP contribution is -2.58. The lowest BCUT2D eigenvalue weighted by molar-refractivity contribution is -0.174. The van der Waals surface area contributed by atoms with E-state index in [1.54, 1.807) is 12.3 Å². The van der Waals surface area contributed by atoms with Gasteiger partial charge in [0.25, 0.3) is 0 Å². The van der Waals surface area contributed by atoms with Gasteiger partial charge in [0.1, 0.15) is 0 Å². The zero-order valence-electron chi connectivity index (χ0n) is 22.0. The van der Waals surface area contributed by atoms with Gasteiger partial charge in [-0.1, -0.05) is 20.8 Å². The Morgan fingerprint density at radius 1 is 1.08 bits per heavy atom. The molecule has 36 heavy (non-hydrogen) atoms. The molecule has 2 aromatic rings. The summed E-state index contributed by atoms with van der Waals surface area (Å²) in [5, 5.41) is 21.8. The minimum absolute atomic E-state index is 0.185. The quantitative estimate of drug-likeness (QED) is 0.611. The number of pyridine rings is 1. The summed E-state index contributed by atoms with van der Waals surface area (Å²) in [5.74, 6) is 3.63. The Hall–Kier alpha value is -1.79. The first-order valence-corrected chi connectivity index (χ1v) is 14.3. The summed E-state index contributed by atoms with van der Waals surface area (Å²) < 4.78 is 5.51. The van der Waals surface area contributed by atoms with Gasteiger partial charge in [0.2, 0.25) is 0 Å². The monoisotopic (exact) mass is 494 g/mol. The number of aliphatic hydroxyl groups is 2. The van der Waals surface area contributed by atoms with E-state index < -0.39 is 5.63 Å². The number of hydrogen-bond donors (Lipinski definition) is 2. The van der Waals surface area contributed by atoms with E-state index in [9.17, 15) is 15.0 Å². The van der Waals surface area contributed by atoms with E-state index in [4.69, 9.17) is 4.42 Å². The van der Waals surface area contributed by atoms with Gasteiger partial charge < -0.3 is 14.6 Å². The standard InChI is InChI=1S/C30H42N2O4/c1-17(6-9-25-32-23-5-4-14-31-27(23)28(35)36-25)20-7-8-21-26-22(11-13-30(20,21)3)29(2)12-10-19(33)15-18(29)16-24(26)34/h4-5,14,17-22,24,26,33-34H,6-13,15-16H2,1-3H3/t17-,18+,19-,20-,21+,22?,24-,26+,29+,30-/m1/s1. The van der Waals surface area contributed by atoms with Crippen molar-refractivity contribution in [1.29, 1.82) is 0 Å². The van der Waals surface area contributed by atoms with Crippen molar-refractivity contribution in [3.8, 4) is 0 Å². The molecule has 4 saturated carbocycles. The van der Waals surface area contributed by atoms with Crippen molar-refractivity contribution in [3.05, 3.63) is 34.6 Å². The second kappa shape index (κ2) is 8.90. The van der Waals surface area contributed by atoms with Crippen LogP contribution in [0.15, 0.2) is 27.5 Å². The normalized spacial score (nSPS) is 43.0. The molecule has 2 N–H and O–H groups in total. The van der Waals surface area contributed by atoms with Crippen LogP contribution in [0.1, 0.15) is 84.4 Å². The van der Waals surface area contributed by atoms with E-state index in [2.05, 4.69) is 30.7 Å². The molecule has 1 unspecified atom stereocenters. The third-order valence-electron chi connectivity index (χ3n) is 11.7. The predicted molar refractivity (Wildman–Crippen MR) is 138 cm³/mol. The van der Waals surface area contributed by atoms with E-state index in [-0.39, 0.29) is 23.0 Å². The van der Waals surface area contributed by atoms with Crippen molar-refractivity contribution < 1.29 is 14.6 Å². The molecule has 10 atom stereocenters. The molecule has 0 spiro atoms. The largest absolute Gasteiger partial charge is 0.407 e. The molecule has 6 nitrogen and oxygen atoms in total. The van der Waals surface area contributed by atoms with Crippen molar-refractivity contribution in [2.75, 3.05) is 0 Å². The highest BCUT2D eigenvalue weighted by Crippen LogP contribution is 2.68. The zero-order chi connectivity index (χ0) is 25.2. The third-order valence-corrected chi connectivity index (χ3v) is 11.7. The van der Waals surface area contributed by atoms with Crippen LogP contribution in [0.5, 0.6) is 0 Å². The average molecular weight is 495 g/mol. The number of rotatable bonds is 4. The first-order chi connectivity index (χ1) is 17.2. The maximum Gasteiger partial charge on any atom is 0.365 e. The fourth-order valence-electron chi connectivity index (χ4n) is 9.79. The fourth-order valence-corrected chi connectivity index (χ4v) is 9.79. The highest BCUT2D eigenvalue weighted by Gasteiger charge is 2.62. The molecule has 2 aromatic heterocycles. The lowest BCUT2D eigenvalue weighted by atomic mass is 9.43. The number of hydrogen-bond acceptors (Lipinski definition) is 6. The van der Waals surface area contributed by atoms with Crippen LogP contribution in [0.25, 0.3) is 11.0 Å².